The van der Waals surface area contributed by atoms with Gasteiger partial charge < -0.3 is 5.11 Å². The van der Waals surface area contributed by atoms with Crippen LogP contribution in [0.3, 0.4) is 0 Å². The van der Waals surface area contributed by atoms with Gasteiger partial charge in [0.2, 0.25) is 0 Å². The fourth-order valence-electron chi connectivity index (χ4n) is 2.37. The average molecular weight is 315 g/mol. The van der Waals surface area contributed by atoms with Crippen molar-refractivity contribution < 1.29 is 13.5 Å². The Morgan fingerprint density at radius 1 is 1.00 bits per heavy atom. The van der Waals surface area contributed by atoms with E-state index in [0.717, 1.165) is 12.3 Å². The van der Waals surface area contributed by atoms with Crippen molar-refractivity contribution in [3.05, 3.63) is 65.0 Å². The van der Waals surface area contributed by atoms with Gasteiger partial charge in [-0.15, -0.1) is 0 Å². The molecule has 0 aliphatic rings. The van der Waals surface area contributed by atoms with E-state index in [4.69, 9.17) is 0 Å². The second kappa shape index (κ2) is 4.99. The highest BCUT2D eigenvalue weighted by molar-refractivity contribution is 7.90. The van der Waals surface area contributed by atoms with E-state index >= 15 is 0 Å². The Balaban J connectivity index is 2.29. The average Bonchev–Trinajstić information content (AvgIpc) is 2.47. The fourth-order valence-corrected chi connectivity index (χ4v) is 3.00. The van der Waals surface area contributed by atoms with Crippen molar-refractivity contribution in [3.8, 4) is 11.4 Å². The van der Waals surface area contributed by atoms with Crippen molar-refractivity contribution in [2.75, 3.05) is 6.26 Å². The van der Waals surface area contributed by atoms with Crippen molar-refractivity contribution in [1.29, 1.82) is 0 Å². The summed E-state index contributed by atoms with van der Waals surface area (Å²) in [6, 6.07) is 14.2. The first-order valence-electron chi connectivity index (χ1n) is 6.52. The van der Waals surface area contributed by atoms with Crippen molar-refractivity contribution in [3.63, 3.8) is 0 Å². The molecule has 3 aromatic rings. The highest BCUT2D eigenvalue weighted by Crippen LogP contribution is 2.24. The molecule has 1 heterocycles. The quantitative estimate of drug-likeness (QED) is 0.785. The summed E-state index contributed by atoms with van der Waals surface area (Å²) in [5.74, 6) is -0.0791. The van der Waals surface area contributed by atoms with Gasteiger partial charge in [0, 0.05) is 23.4 Å². The maximum Gasteiger partial charge on any atom is 0.259 e. The lowest BCUT2D eigenvalue weighted by atomic mass is 10.2. The molecule has 0 fully saturated rings. The van der Waals surface area contributed by atoms with E-state index < -0.39 is 9.84 Å². The number of hydrogen-bond donors (Lipinski definition) is 1. The number of benzene rings is 2. The van der Waals surface area contributed by atoms with Crippen molar-refractivity contribution in [2.24, 2.45) is 0 Å². The molecule has 0 radical (unpaired) electrons. The van der Waals surface area contributed by atoms with E-state index in [1.165, 1.54) is 16.7 Å². The van der Waals surface area contributed by atoms with Crippen LogP contribution in [0.15, 0.2) is 64.3 Å². The minimum absolute atomic E-state index is 0.0791. The smallest absolute Gasteiger partial charge is 0.259 e. The van der Waals surface area contributed by atoms with Gasteiger partial charge >= 0.3 is 0 Å². The summed E-state index contributed by atoms with van der Waals surface area (Å²) in [6.07, 6.45) is 1.13. The summed E-state index contributed by atoms with van der Waals surface area (Å²) >= 11 is 0. The molecule has 0 saturated carbocycles. The van der Waals surface area contributed by atoms with Gasteiger partial charge in [-0.25, -0.2) is 8.42 Å². The fraction of sp³-hybridized carbons (Fsp3) is 0.0625. The van der Waals surface area contributed by atoms with Crippen molar-refractivity contribution in [1.82, 2.24) is 4.57 Å². The first kappa shape index (κ1) is 14.3. The monoisotopic (exact) mass is 315 g/mol. The Kier molecular flexibility index (Phi) is 3.26. The standard InChI is InChI=1S/C16H13NO4S/c1-22(20,21)12-8-6-11(7-9-12)17-14-5-3-2-4-13(14)15(18)10-16(17)19/h2-10,18H,1H3. The molecular weight excluding hydrogens is 302 g/mol. The van der Waals surface area contributed by atoms with E-state index in [0.29, 0.717) is 16.6 Å². The van der Waals surface area contributed by atoms with Crippen molar-refractivity contribution in [2.45, 2.75) is 4.90 Å². The first-order valence-corrected chi connectivity index (χ1v) is 8.41. The molecule has 112 valence electrons. The van der Waals surface area contributed by atoms with Crippen LogP contribution in [0.25, 0.3) is 16.6 Å². The Labute approximate surface area is 127 Å². The minimum atomic E-state index is -3.29. The molecule has 22 heavy (non-hydrogen) atoms. The number of aromatic hydroxyl groups is 1. The van der Waals surface area contributed by atoms with Gasteiger partial charge in [-0.3, -0.25) is 9.36 Å². The zero-order chi connectivity index (χ0) is 15.9. The summed E-state index contributed by atoms with van der Waals surface area (Å²) in [5.41, 5.74) is 0.705. The van der Waals surface area contributed by atoms with Crippen LogP contribution in [-0.2, 0) is 9.84 Å². The van der Waals surface area contributed by atoms with Crippen LogP contribution in [0.4, 0.5) is 0 Å². The molecule has 0 aliphatic heterocycles. The molecule has 0 atom stereocenters. The number of nitrogens with zero attached hydrogens (tertiary/aromatic N) is 1. The molecule has 0 amide bonds. The van der Waals surface area contributed by atoms with Crippen LogP contribution < -0.4 is 5.56 Å². The maximum atomic E-state index is 12.2. The lowest BCUT2D eigenvalue weighted by Gasteiger charge is -2.11. The van der Waals surface area contributed by atoms with E-state index in [2.05, 4.69) is 0 Å². The number of fused-ring (bicyclic) bond motifs is 1. The van der Waals surface area contributed by atoms with Crippen LogP contribution >= 0.6 is 0 Å². The molecule has 0 saturated heterocycles. The van der Waals surface area contributed by atoms with Gasteiger partial charge in [0.15, 0.2) is 9.84 Å². The largest absolute Gasteiger partial charge is 0.507 e. The molecule has 0 aliphatic carbocycles. The van der Waals surface area contributed by atoms with Crippen LogP contribution in [-0.4, -0.2) is 24.3 Å². The van der Waals surface area contributed by atoms with E-state index in [1.54, 1.807) is 36.4 Å². The summed E-state index contributed by atoms with van der Waals surface area (Å²) in [5, 5.41) is 10.4. The zero-order valence-corrected chi connectivity index (χ0v) is 12.5. The predicted molar refractivity (Wildman–Crippen MR) is 84.3 cm³/mol. The zero-order valence-electron chi connectivity index (χ0n) is 11.7. The SMILES string of the molecule is CS(=O)(=O)c1ccc(-n2c(=O)cc(O)c3ccccc32)cc1. The Morgan fingerprint density at radius 3 is 2.27 bits per heavy atom. The molecule has 2 aromatic carbocycles. The molecule has 1 N–H and O–H groups in total. The maximum absolute atomic E-state index is 12.2. The summed E-state index contributed by atoms with van der Waals surface area (Å²) < 4.78 is 24.4. The molecule has 0 spiro atoms. The second-order valence-corrected chi connectivity index (χ2v) is 7.00. The second-order valence-electron chi connectivity index (χ2n) is 4.99. The highest BCUT2D eigenvalue weighted by Gasteiger charge is 2.11. The molecule has 0 bridgehead atoms. The van der Waals surface area contributed by atoms with Crippen LogP contribution in [0.2, 0.25) is 0 Å². The van der Waals surface area contributed by atoms with E-state index in [9.17, 15) is 18.3 Å². The Bertz CT molecular complexity index is 1020. The van der Waals surface area contributed by atoms with Gasteiger partial charge in [0.1, 0.15) is 5.75 Å². The summed E-state index contributed by atoms with van der Waals surface area (Å²) in [6.45, 7) is 0. The predicted octanol–water partition coefficient (Wildman–Crippen LogP) is 2.10. The Morgan fingerprint density at radius 2 is 1.64 bits per heavy atom. The number of sulfone groups is 1. The van der Waals surface area contributed by atoms with Crippen LogP contribution in [0, 0.1) is 0 Å². The normalized spacial score (nSPS) is 11.7. The molecule has 3 rings (SSSR count). The number of aromatic nitrogens is 1. The van der Waals surface area contributed by atoms with Gasteiger partial charge in [-0.1, -0.05) is 12.1 Å². The minimum Gasteiger partial charge on any atom is -0.507 e. The molecule has 5 nitrogen and oxygen atoms in total. The number of hydrogen-bond acceptors (Lipinski definition) is 4. The third-order valence-corrected chi connectivity index (χ3v) is 4.55. The van der Waals surface area contributed by atoms with Gasteiger partial charge in [0.25, 0.3) is 5.56 Å². The van der Waals surface area contributed by atoms with Gasteiger partial charge in [-0.05, 0) is 36.4 Å². The molecule has 1 aromatic heterocycles. The lowest BCUT2D eigenvalue weighted by Crippen LogP contribution is -2.17. The lowest BCUT2D eigenvalue weighted by molar-refractivity contribution is 0.480. The third kappa shape index (κ3) is 2.37. The molecule has 6 heteroatoms. The number of rotatable bonds is 2. The summed E-state index contributed by atoms with van der Waals surface area (Å²) in [7, 11) is -3.29. The topological polar surface area (TPSA) is 76.4 Å². The third-order valence-electron chi connectivity index (χ3n) is 3.42. The molecular formula is C16H13NO4S. The van der Waals surface area contributed by atoms with Crippen LogP contribution in [0.1, 0.15) is 0 Å². The first-order chi connectivity index (χ1) is 10.4. The van der Waals surface area contributed by atoms with E-state index in [-0.39, 0.29) is 16.2 Å². The summed E-state index contributed by atoms with van der Waals surface area (Å²) in [4.78, 5) is 12.4. The highest BCUT2D eigenvalue weighted by atomic mass is 32.2. The van der Waals surface area contributed by atoms with E-state index in [1.807, 2.05) is 0 Å². The van der Waals surface area contributed by atoms with Gasteiger partial charge in [-0.2, -0.15) is 0 Å². The number of pyridine rings is 1. The van der Waals surface area contributed by atoms with Crippen LogP contribution in [0.5, 0.6) is 5.75 Å². The molecule has 0 unspecified atom stereocenters. The number of para-hydroxylation sites is 1. The Hall–Kier alpha value is -2.60. The van der Waals surface area contributed by atoms with Gasteiger partial charge in [0.05, 0.1) is 10.4 Å². The van der Waals surface area contributed by atoms with Crippen molar-refractivity contribution >= 4 is 20.7 Å².